The molecular formula is C21H26N2O. The van der Waals surface area contributed by atoms with Crippen molar-refractivity contribution in [3.05, 3.63) is 65.2 Å². The molecule has 3 heteroatoms. The highest BCUT2D eigenvalue weighted by molar-refractivity contribution is 5.95. The lowest BCUT2D eigenvalue weighted by atomic mass is 9.84. The zero-order chi connectivity index (χ0) is 17.3. The van der Waals surface area contributed by atoms with Crippen molar-refractivity contribution in [2.24, 2.45) is 0 Å². The van der Waals surface area contributed by atoms with Gasteiger partial charge in [0, 0.05) is 23.7 Å². The third-order valence-corrected chi connectivity index (χ3v) is 4.94. The number of nitrogens with zero attached hydrogens (tertiary/aromatic N) is 1. The van der Waals surface area contributed by atoms with E-state index in [1.54, 1.807) is 0 Å². The number of carbonyl (C=O) groups excluding carboxylic acids is 1. The molecule has 0 saturated heterocycles. The number of anilines is 1. The van der Waals surface area contributed by atoms with Crippen molar-refractivity contribution in [1.82, 2.24) is 5.32 Å². The van der Waals surface area contributed by atoms with E-state index in [0.29, 0.717) is 6.54 Å². The summed E-state index contributed by atoms with van der Waals surface area (Å²) in [4.78, 5) is 14.7. The lowest BCUT2D eigenvalue weighted by Gasteiger charge is -2.29. The van der Waals surface area contributed by atoms with Gasteiger partial charge in [-0.1, -0.05) is 61.9 Å². The van der Waals surface area contributed by atoms with Crippen molar-refractivity contribution in [1.29, 1.82) is 0 Å². The van der Waals surface area contributed by atoms with Crippen LogP contribution < -0.4 is 10.2 Å². The van der Waals surface area contributed by atoms with Crippen LogP contribution in [0.25, 0.3) is 0 Å². The Morgan fingerprint density at radius 1 is 1.17 bits per heavy atom. The second kappa shape index (κ2) is 6.31. The van der Waals surface area contributed by atoms with Gasteiger partial charge in [0.25, 0.3) is 0 Å². The molecule has 0 radical (unpaired) electrons. The molecule has 0 aromatic heterocycles. The Bertz CT molecular complexity index is 734. The Hall–Kier alpha value is -2.29. The van der Waals surface area contributed by atoms with Crippen LogP contribution in [0.2, 0.25) is 0 Å². The van der Waals surface area contributed by atoms with Gasteiger partial charge in [0.2, 0.25) is 0 Å². The van der Waals surface area contributed by atoms with E-state index in [1.165, 1.54) is 16.7 Å². The molecule has 2 amide bonds. The molecule has 1 heterocycles. The van der Waals surface area contributed by atoms with E-state index in [2.05, 4.69) is 63.3 Å². The standard InChI is InChI=1S/C21H26N2O/c1-15-9-11-18(12-10-15)21(3,4)14-22-20(24)23-16(2)13-17-7-5-6-8-19(17)23/h5-12,16H,13-14H2,1-4H3,(H,22,24). The third kappa shape index (κ3) is 3.16. The first-order valence-electron chi connectivity index (χ1n) is 8.60. The predicted molar refractivity (Wildman–Crippen MR) is 99.7 cm³/mol. The fraction of sp³-hybridized carbons (Fsp3) is 0.381. The number of rotatable bonds is 3. The number of aryl methyl sites for hydroxylation is 1. The molecule has 0 saturated carbocycles. The Morgan fingerprint density at radius 2 is 1.83 bits per heavy atom. The van der Waals surface area contributed by atoms with Gasteiger partial charge in [-0.05, 0) is 37.5 Å². The number of para-hydroxylation sites is 1. The summed E-state index contributed by atoms with van der Waals surface area (Å²) in [6.45, 7) is 9.13. The smallest absolute Gasteiger partial charge is 0.322 e. The molecular weight excluding hydrogens is 296 g/mol. The summed E-state index contributed by atoms with van der Waals surface area (Å²) >= 11 is 0. The molecule has 2 aromatic carbocycles. The normalized spacial score (nSPS) is 16.8. The van der Waals surface area contributed by atoms with Crippen LogP contribution in [0.1, 0.15) is 37.5 Å². The summed E-state index contributed by atoms with van der Waals surface area (Å²) in [6.07, 6.45) is 0.922. The zero-order valence-electron chi connectivity index (χ0n) is 15.0. The minimum atomic E-state index is -0.105. The van der Waals surface area contributed by atoms with Gasteiger partial charge in [-0.25, -0.2) is 4.79 Å². The number of carbonyl (C=O) groups is 1. The van der Waals surface area contributed by atoms with Crippen LogP contribution in [-0.4, -0.2) is 18.6 Å². The maximum atomic E-state index is 12.8. The van der Waals surface area contributed by atoms with Gasteiger partial charge in [-0.2, -0.15) is 0 Å². The van der Waals surface area contributed by atoms with Gasteiger partial charge < -0.3 is 5.32 Å². The Balaban J connectivity index is 1.70. The molecule has 2 aromatic rings. The molecule has 0 spiro atoms. The van der Waals surface area contributed by atoms with Crippen LogP contribution >= 0.6 is 0 Å². The van der Waals surface area contributed by atoms with Crippen LogP contribution in [0.4, 0.5) is 10.5 Å². The van der Waals surface area contributed by atoms with Gasteiger partial charge in [-0.15, -0.1) is 0 Å². The second-order valence-electron chi connectivity index (χ2n) is 7.46. The van der Waals surface area contributed by atoms with E-state index < -0.39 is 0 Å². The first-order valence-corrected chi connectivity index (χ1v) is 8.60. The van der Waals surface area contributed by atoms with Crippen molar-refractivity contribution < 1.29 is 4.79 Å². The van der Waals surface area contributed by atoms with Crippen LogP contribution in [0.3, 0.4) is 0 Å². The SMILES string of the molecule is Cc1ccc(C(C)(C)CNC(=O)N2c3ccccc3CC2C)cc1. The molecule has 0 bridgehead atoms. The predicted octanol–water partition coefficient (Wildman–Crippen LogP) is 4.43. The average molecular weight is 322 g/mol. The van der Waals surface area contributed by atoms with Crippen LogP contribution in [0.5, 0.6) is 0 Å². The van der Waals surface area contributed by atoms with Crippen molar-refractivity contribution >= 4 is 11.7 Å². The quantitative estimate of drug-likeness (QED) is 0.890. The number of fused-ring (bicyclic) bond motifs is 1. The third-order valence-electron chi connectivity index (χ3n) is 4.94. The zero-order valence-corrected chi connectivity index (χ0v) is 15.0. The molecule has 3 rings (SSSR count). The molecule has 24 heavy (non-hydrogen) atoms. The number of hydrogen-bond acceptors (Lipinski definition) is 1. The number of amides is 2. The molecule has 1 N–H and O–H groups in total. The van der Waals surface area contributed by atoms with E-state index in [-0.39, 0.29) is 17.5 Å². The van der Waals surface area contributed by atoms with E-state index in [4.69, 9.17) is 0 Å². The summed E-state index contributed by atoms with van der Waals surface area (Å²) in [7, 11) is 0. The minimum Gasteiger partial charge on any atom is -0.337 e. The van der Waals surface area contributed by atoms with E-state index in [1.807, 2.05) is 23.1 Å². The lowest BCUT2D eigenvalue weighted by molar-refractivity contribution is 0.242. The molecule has 1 atom stereocenters. The fourth-order valence-corrected chi connectivity index (χ4v) is 3.36. The van der Waals surface area contributed by atoms with Crippen molar-refractivity contribution in [2.75, 3.05) is 11.4 Å². The first-order chi connectivity index (χ1) is 11.4. The maximum absolute atomic E-state index is 12.8. The van der Waals surface area contributed by atoms with Crippen molar-refractivity contribution in [2.45, 2.75) is 45.6 Å². The highest BCUT2D eigenvalue weighted by atomic mass is 16.2. The number of hydrogen-bond donors (Lipinski definition) is 1. The molecule has 1 aliphatic heterocycles. The van der Waals surface area contributed by atoms with E-state index in [0.717, 1.165) is 12.1 Å². The Morgan fingerprint density at radius 3 is 2.54 bits per heavy atom. The van der Waals surface area contributed by atoms with E-state index >= 15 is 0 Å². The minimum absolute atomic E-state index is 0.00682. The topological polar surface area (TPSA) is 32.3 Å². The lowest BCUT2D eigenvalue weighted by Crippen LogP contribution is -2.47. The molecule has 1 aliphatic rings. The second-order valence-corrected chi connectivity index (χ2v) is 7.46. The summed E-state index contributed by atoms with van der Waals surface area (Å²) in [5, 5.41) is 3.14. The monoisotopic (exact) mass is 322 g/mol. The maximum Gasteiger partial charge on any atom is 0.322 e. The summed E-state index contributed by atoms with van der Waals surface area (Å²) in [5.41, 5.74) is 4.67. The molecule has 3 nitrogen and oxygen atoms in total. The van der Waals surface area contributed by atoms with Crippen molar-refractivity contribution in [3.8, 4) is 0 Å². The molecule has 126 valence electrons. The van der Waals surface area contributed by atoms with Gasteiger partial charge in [0.05, 0.1) is 0 Å². The first kappa shape index (κ1) is 16.6. The molecule has 0 fully saturated rings. The van der Waals surface area contributed by atoms with Crippen LogP contribution in [-0.2, 0) is 11.8 Å². The summed E-state index contributed by atoms with van der Waals surface area (Å²) < 4.78 is 0. The van der Waals surface area contributed by atoms with Crippen LogP contribution in [0, 0.1) is 6.92 Å². The van der Waals surface area contributed by atoms with Gasteiger partial charge in [-0.3, -0.25) is 4.90 Å². The van der Waals surface area contributed by atoms with Crippen molar-refractivity contribution in [3.63, 3.8) is 0 Å². The molecule has 0 aliphatic carbocycles. The number of nitrogens with one attached hydrogen (secondary N) is 1. The average Bonchev–Trinajstić information content (AvgIpc) is 2.89. The summed E-state index contributed by atoms with van der Waals surface area (Å²) in [5.74, 6) is 0. The van der Waals surface area contributed by atoms with Gasteiger partial charge in [0.15, 0.2) is 0 Å². The Kier molecular flexibility index (Phi) is 4.35. The Labute approximate surface area is 144 Å². The summed E-state index contributed by atoms with van der Waals surface area (Å²) in [6, 6.07) is 16.9. The van der Waals surface area contributed by atoms with Gasteiger partial charge in [0.1, 0.15) is 0 Å². The highest BCUT2D eigenvalue weighted by Gasteiger charge is 2.31. The number of urea groups is 1. The molecule has 1 unspecified atom stereocenters. The van der Waals surface area contributed by atoms with Crippen LogP contribution in [0.15, 0.2) is 48.5 Å². The van der Waals surface area contributed by atoms with Gasteiger partial charge >= 0.3 is 6.03 Å². The number of benzene rings is 2. The fourth-order valence-electron chi connectivity index (χ4n) is 3.36. The highest BCUT2D eigenvalue weighted by Crippen LogP contribution is 2.32. The van der Waals surface area contributed by atoms with E-state index in [9.17, 15) is 4.79 Å². The largest absolute Gasteiger partial charge is 0.337 e.